The summed E-state index contributed by atoms with van der Waals surface area (Å²) in [5.41, 5.74) is 1.08. The van der Waals surface area contributed by atoms with Gasteiger partial charge in [-0.05, 0) is 32.9 Å². The molecule has 0 aromatic carbocycles. The van der Waals surface area contributed by atoms with Crippen LogP contribution in [0, 0.1) is 13.8 Å². The summed E-state index contributed by atoms with van der Waals surface area (Å²) in [5, 5.41) is 4.88. The third-order valence-electron chi connectivity index (χ3n) is 2.43. The molecule has 3 nitrogen and oxygen atoms in total. The van der Waals surface area contributed by atoms with E-state index in [9.17, 15) is 0 Å². The highest BCUT2D eigenvalue weighted by Gasteiger charge is 2.13. The van der Waals surface area contributed by atoms with Gasteiger partial charge >= 0.3 is 0 Å². The van der Waals surface area contributed by atoms with Crippen LogP contribution in [0.3, 0.4) is 0 Å². The minimum Gasteiger partial charge on any atom is -0.362 e. The van der Waals surface area contributed by atoms with Crippen molar-refractivity contribution in [3.63, 3.8) is 0 Å². The van der Waals surface area contributed by atoms with Crippen LogP contribution in [0.1, 0.15) is 28.5 Å². The molecular formula is C12H14ClN3S. The molecule has 0 aliphatic heterocycles. The maximum atomic E-state index is 5.85. The number of aromatic nitrogens is 2. The molecule has 90 valence electrons. The number of nitrogens with one attached hydrogen (secondary N) is 1. The van der Waals surface area contributed by atoms with Crippen LogP contribution >= 0.6 is 22.9 Å². The van der Waals surface area contributed by atoms with E-state index in [0.717, 1.165) is 16.5 Å². The van der Waals surface area contributed by atoms with Crippen LogP contribution in [0.4, 0.5) is 5.82 Å². The van der Waals surface area contributed by atoms with Gasteiger partial charge in [0.1, 0.15) is 11.0 Å². The molecule has 5 heteroatoms. The van der Waals surface area contributed by atoms with Crippen LogP contribution in [0.25, 0.3) is 0 Å². The Morgan fingerprint density at radius 3 is 2.65 bits per heavy atom. The topological polar surface area (TPSA) is 37.8 Å². The lowest BCUT2D eigenvalue weighted by Crippen LogP contribution is -2.09. The quantitative estimate of drug-likeness (QED) is 0.855. The maximum absolute atomic E-state index is 5.85. The number of hydrogen-bond donors (Lipinski definition) is 1. The largest absolute Gasteiger partial charge is 0.362 e. The zero-order chi connectivity index (χ0) is 12.4. The Bertz CT molecular complexity index is 524. The summed E-state index contributed by atoms with van der Waals surface area (Å²) in [5.74, 6) is 0.773. The summed E-state index contributed by atoms with van der Waals surface area (Å²) in [4.78, 5) is 9.97. The van der Waals surface area contributed by atoms with E-state index in [1.54, 1.807) is 17.4 Å². The second kappa shape index (κ2) is 5.02. The molecule has 2 rings (SSSR count). The fraction of sp³-hybridized carbons (Fsp3) is 0.333. The maximum Gasteiger partial charge on any atom is 0.131 e. The summed E-state index contributed by atoms with van der Waals surface area (Å²) in [6, 6.07) is 5.67. The minimum atomic E-state index is 0.130. The number of nitrogens with zero attached hydrogens (tertiary/aromatic N) is 2. The van der Waals surface area contributed by atoms with E-state index >= 15 is 0 Å². The van der Waals surface area contributed by atoms with Crippen LogP contribution in [-0.4, -0.2) is 9.97 Å². The van der Waals surface area contributed by atoms with E-state index in [-0.39, 0.29) is 6.04 Å². The molecule has 0 saturated heterocycles. The molecule has 0 amide bonds. The van der Waals surface area contributed by atoms with Crippen molar-refractivity contribution in [1.29, 1.82) is 0 Å². The molecule has 1 N–H and O–H groups in total. The average Bonchev–Trinajstić information content (AvgIpc) is 2.58. The predicted molar refractivity (Wildman–Crippen MR) is 72.9 cm³/mol. The van der Waals surface area contributed by atoms with Gasteiger partial charge in [0.15, 0.2) is 0 Å². The highest BCUT2D eigenvalue weighted by atomic mass is 35.5. The van der Waals surface area contributed by atoms with Gasteiger partial charge in [0, 0.05) is 4.88 Å². The first-order valence-corrected chi connectivity index (χ1v) is 6.58. The van der Waals surface area contributed by atoms with Gasteiger partial charge < -0.3 is 5.32 Å². The van der Waals surface area contributed by atoms with Gasteiger partial charge in [-0.1, -0.05) is 17.7 Å². The molecule has 0 saturated carbocycles. The first kappa shape index (κ1) is 12.3. The zero-order valence-electron chi connectivity index (χ0n) is 9.99. The average molecular weight is 268 g/mol. The molecule has 1 unspecified atom stereocenters. The fourth-order valence-electron chi connectivity index (χ4n) is 1.73. The summed E-state index contributed by atoms with van der Waals surface area (Å²) < 4.78 is 0. The zero-order valence-corrected chi connectivity index (χ0v) is 11.6. The smallest absolute Gasteiger partial charge is 0.131 e. The second-order valence-electron chi connectivity index (χ2n) is 3.89. The van der Waals surface area contributed by atoms with Crippen LogP contribution in [0.5, 0.6) is 0 Å². The van der Waals surface area contributed by atoms with Crippen molar-refractivity contribution in [2.75, 3.05) is 5.32 Å². The first-order valence-electron chi connectivity index (χ1n) is 5.39. The normalized spacial score (nSPS) is 12.5. The fourth-order valence-corrected chi connectivity index (χ4v) is 2.80. The molecule has 0 fully saturated rings. The van der Waals surface area contributed by atoms with Crippen molar-refractivity contribution in [2.24, 2.45) is 0 Å². The number of hydrogen-bond acceptors (Lipinski definition) is 4. The Morgan fingerprint density at radius 1 is 1.29 bits per heavy atom. The van der Waals surface area contributed by atoms with E-state index in [1.807, 2.05) is 19.1 Å². The van der Waals surface area contributed by atoms with Gasteiger partial charge in [-0.2, -0.15) is 0 Å². The van der Waals surface area contributed by atoms with Crippen LogP contribution in [0.15, 0.2) is 18.2 Å². The minimum absolute atomic E-state index is 0.130. The number of pyridine rings is 1. The predicted octanol–water partition coefficient (Wildman–Crippen LogP) is 3.98. The lowest BCUT2D eigenvalue weighted by Gasteiger charge is -2.13. The number of anilines is 1. The van der Waals surface area contributed by atoms with Gasteiger partial charge in [0.05, 0.1) is 16.7 Å². The van der Waals surface area contributed by atoms with Crippen molar-refractivity contribution in [2.45, 2.75) is 26.8 Å². The molecule has 0 aliphatic carbocycles. The molecule has 0 spiro atoms. The van der Waals surface area contributed by atoms with E-state index in [2.05, 4.69) is 29.1 Å². The van der Waals surface area contributed by atoms with Crippen LogP contribution in [0.2, 0.25) is 5.15 Å². The highest BCUT2D eigenvalue weighted by molar-refractivity contribution is 7.11. The Balaban J connectivity index is 2.16. The highest BCUT2D eigenvalue weighted by Crippen LogP contribution is 2.25. The Labute approximate surface area is 110 Å². The Morgan fingerprint density at radius 2 is 2.06 bits per heavy atom. The van der Waals surface area contributed by atoms with Crippen molar-refractivity contribution in [3.8, 4) is 0 Å². The summed E-state index contributed by atoms with van der Waals surface area (Å²) >= 11 is 7.56. The molecule has 0 aliphatic rings. The molecular weight excluding hydrogens is 254 g/mol. The van der Waals surface area contributed by atoms with E-state index in [4.69, 9.17) is 11.6 Å². The number of thiazole rings is 1. The lowest BCUT2D eigenvalue weighted by molar-refractivity contribution is 0.830. The summed E-state index contributed by atoms with van der Waals surface area (Å²) in [6.07, 6.45) is 0. The summed E-state index contributed by atoms with van der Waals surface area (Å²) in [6.45, 7) is 6.18. The van der Waals surface area contributed by atoms with Gasteiger partial charge in [-0.25, -0.2) is 9.97 Å². The van der Waals surface area contributed by atoms with Gasteiger partial charge in [0.2, 0.25) is 0 Å². The number of aryl methyl sites for hydroxylation is 2. The third-order valence-corrected chi connectivity index (χ3v) is 3.54. The van der Waals surface area contributed by atoms with Crippen molar-refractivity contribution in [3.05, 3.63) is 38.9 Å². The van der Waals surface area contributed by atoms with Crippen LogP contribution in [-0.2, 0) is 0 Å². The van der Waals surface area contributed by atoms with Gasteiger partial charge in [-0.15, -0.1) is 11.3 Å². The van der Waals surface area contributed by atoms with E-state index in [1.165, 1.54) is 4.88 Å². The third kappa shape index (κ3) is 2.96. The van der Waals surface area contributed by atoms with Crippen molar-refractivity contribution in [1.82, 2.24) is 9.97 Å². The van der Waals surface area contributed by atoms with Crippen molar-refractivity contribution < 1.29 is 0 Å². The summed E-state index contributed by atoms with van der Waals surface area (Å²) in [7, 11) is 0. The number of rotatable bonds is 3. The Hall–Kier alpha value is -1.13. The number of halogens is 1. The molecule has 0 bridgehead atoms. The molecule has 2 heterocycles. The molecule has 17 heavy (non-hydrogen) atoms. The van der Waals surface area contributed by atoms with Gasteiger partial charge in [-0.3, -0.25) is 0 Å². The van der Waals surface area contributed by atoms with Crippen LogP contribution < -0.4 is 5.32 Å². The SMILES string of the molecule is Cc1nc(C(C)Nc2cccc(Cl)n2)c(C)s1. The second-order valence-corrected chi connectivity index (χ2v) is 5.68. The molecule has 1 atom stereocenters. The molecule has 0 radical (unpaired) electrons. The lowest BCUT2D eigenvalue weighted by atomic mass is 10.2. The van der Waals surface area contributed by atoms with Gasteiger partial charge in [0.25, 0.3) is 0 Å². The van der Waals surface area contributed by atoms with E-state index < -0.39 is 0 Å². The Kier molecular flexibility index (Phi) is 3.64. The van der Waals surface area contributed by atoms with E-state index in [0.29, 0.717) is 5.15 Å². The first-order chi connectivity index (χ1) is 8.06. The monoisotopic (exact) mass is 267 g/mol. The molecule has 2 aromatic heterocycles. The standard InChI is InChI=1S/C12H14ClN3S/c1-7(12-8(2)17-9(3)15-12)14-11-6-4-5-10(13)16-11/h4-7H,1-3H3,(H,14,16). The molecule has 2 aromatic rings. The van der Waals surface area contributed by atoms with Crippen molar-refractivity contribution >= 4 is 28.8 Å².